The first-order valence-corrected chi connectivity index (χ1v) is 3.73. The van der Waals surface area contributed by atoms with Gasteiger partial charge in [-0.3, -0.25) is 0 Å². The molecule has 1 unspecified atom stereocenters. The fourth-order valence-corrected chi connectivity index (χ4v) is 1.05. The molecule has 0 radical (unpaired) electrons. The number of rotatable bonds is 2. The van der Waals surface area contributed by atoms with Gasteiger partial charge in [-0.05, 0) is 5.56 Å². The van der Waals surface area contributed by atoms with Crippen LogP contribution in [0.1, 0.15) is 5.56 Å². The van der Waals surface area contributed by atoms with Crippen LogP contribution in [0.15, 0.2) is 30.3 Å². The van der Waals surface area contributed by atoms with E-state index in [0.717, 1.165) is 6.42 Å². The molecule has 0 aliphatic carbocycles. The van der Waals surface area contributed by atoms with Crippen LogP contribution in [0.4, 0.5) is 0 Å². The molecule has 10 heavy (non-hydrogen) atoms. The Kier molecular flexibility index (Phi) is 2.58. The SMILES string of the molecule is N=C(P)Cc1ccccc1. The van der Waals surface area contributed by atoms with Gasteiger partial charge in [-0.2, -0.15) is 0 Å². The highest BCUT2D eigenvalue weighted by Crippen LogP contribution is 2.02. The maximum Gasteiger partial charge on any atom is 0.0300 e. The van der Waals surface area contributed by atoms with Crippen molar-refractivity contribution >= 4 is 14.7 Å². The van der Waals surface area contributed by atoms with Crippen molar-refractivity contribution in [3.05, 3.63) is 35.9 Å². The Morgan fingerprint density at radius 1 is 1.30 bits per heavy atom. The quantitative estimate of drug-likeness (QED) is 0.494. The summed E-state index contributed by atoms with van der Waals surface area (Å²) >= 11 is 0. The first-order valence-electron chi connectivity index (χ1n) is 3.16. The highest BCUT2D eigenvalue weighted by atomic mass is 31.0. The molecule has 2 heteroatoms. The van der Waals surface area contributed by atoms with Crippen LogP contribution in [0.3, 0.4) is 0 Å². The molecular formula is C8H10NP. The van der Waals surface area contributed by atoms with Gasteiger partial charge in [-0.25, -0.2) is 0 Å². The lowest BCUT2D eigenvalue weighted by molar-refractivity contribution is 1.32. The molecule has 0 aromatic heterocycles. The monoisotopic (exact) mass is 151 g/mol. The Morgan fingerprint density at radius 3 is 2.40 bits per heavy atom. The van der Waals surface area contributed by atoms with Crippen molar-refractivity contribution in [3.8, 4) is 0 Å². The van der Waals surface area contributed by atoms with E-state index < -0.39 is 0 Å². The van der Waals surface area contributed by atoms with Crippen molar-refractivity contribution < 1.29 is 0 Å². The van der Waals surface area contributed by atoms with Crippen LogP contribution in [-0.4, -0.2) is 5.45 Å². The van der Waals surface area contributed by atoms with Crippen LogP contribution >= 0.6 is 9.24 Å². The Labute approximate surface area is 63.2 Å². The van der Waals surface area contributed by atoms with E-state index in [2.05, 4.69) is 9.24 Å². The zero-order valence-corrected chi connectivity index (χ0v) is 6.83. The van der Waals surface area contributed by atoms with Gasteiger partial charge in [0, 0.05) is 11.9 Å². The number of hydrogen-bond acceptors (Lipinski definition) is 1. The summed E-state index contributed by atoms with van der Waals surface area (Å²) in [6, 6.07) is 10.0. The molecule has 52 valence electrons. The van der Waals surface area contributed by atoms with Crippen molar-refractivity contribution in [3.63, 3.8) is 0 Å². The number of nitrogens with one attached hydrogen (secondary N) is 1. The second-order valence-corrected chi connectivity index (χ2v) is 2.88. The fourth-order valence-electron chi connectivity index (χ4n) is 0.816. The summed E-state index contributed by atoms with van der Waals surface area (Å²) in [6.07, 6.45) is 0.742. The smallest absolute Gasteiger partial charge is 0.0300 e. The average Bonchev–Trinajstić information content (AvgIpc) is 1.88. The molecule has 1 rings (SSSR count). The van der Waals surface area contributed by atoms with Gasteiger partial charge < -0.3 is 5.41 Å². The van der Waals surface area contributed by atoms with Gasteiger partial charge in [0.2, 0.25) is 0 Å². The van der Waals surface area contributed by atoms with Gasteiger partial charge in [-0.15, -0.1) is 0 Å². The molecule has 0 saturated heterocycles. The molecule has 1 aromatic carbocycles. The summed E-state index contributed by atoms with van der Waals surface area (Å²) in [5, 5.41) is 7.19. The van der Waals surface area contributed by atoms with Crippen molar-refractivity contribution in [2.24, 2.45) is 0 Å². The van der Waals surface area contributed by atoms with Gasteiger partial charge >= 0.3 is 0 Å². The molecule has 0 heterocycles. The Bertz CT molecular complexity index is 218. The van der Waals surface area contributed by atoms with Crippen LogP contribution in [0.25, 0.3) is 0 Å². The number of hydrogen-bond donors (Lipinski definition) is 1. The van der Waals surface area contributed by atoms with Crippen molar-refractivity contribution in [1.82, 2.24) is 0 Å². The van der Waals surface area contributed by atoms with Gasteiger partial charge in [0.1, 0.15) is 0 Å². The lowest BCUT2D eigenvalue weighted by atomic mass is 10.2. The normalized spacial score (nSPS) is 9.30. The zero-order valence-electron chi connectivity index (χ0n) is 5.67. The predicted molar refractivity (Wildman–Crippen MR) is 47.6 cm³/mol. The molecular weight excluding hydrogens is 141 g/mol. The van der Waals surface area contributed by atoms with E-state index in [0.29, 0.717) is 5.45 Å². The van der Waals surface area contributed by atoms with Gasteiger partial charge in [0.25, 0.3) is 0 Å². The number of benzene rings is 1. The standard InChI is InChI=1S/C8H10NP/c9-8(10)6-7-4-2-1-3-5-7/h1-5,9H,6,10H2. The highest BCUT2D eigenvalue weighted by molar-refractivity contribution is 7.40. The third-order valence-corrected chi connectivity index (χ3v) is 1.44. The Morgan fingerprint density at radius 2 is 1.90 bits per heavy atom. The van der Waals surface area contributed by atoms with E-state index >= 15 is 0 Å². The van der Waals surface area contributed by atoms with E-state index in [1.165, 1.54) is 5.56 Å². The predicted octanol–water partition coefficient (Wildman–Crippen LogP) is 2.08. The summed E-state index contributed by atoms with van der Waals surface area (Å²) in [6.45, 7) is 0. The largest absolute Gasteiger partial charge is 0.305 e. The first kappa shape index (κ1) is 7.43. The topological polar surface area (TPSA) is 23.9 Å². The Balaban J connectivity index is 2.67. The summed E-state index contributed by atoms with van der Waals surface area (Å²) in [4.78, 5) is 0. The minimum Gasteiger partial charge on any atom is -0.305 e. The van der Waals surface area contributed by atoms with Gasteiger partial charge in [0.15, 0.2) is 0 Å². The second-order valence-electron chi connectivity index (χ2n) is 2.19. The Hall–Kier alpha value is -0.680. The fraction of sp³-hybridized carbons (Fsp3) is 0.125. The van der Waals surface area contributed by atoms with E-state index in [9.17, 15) is 0 Å². The van der Waals surface area contributed by atoms with Crippen molar-refractivity contribution in [1.29, 1.82) is 5.41 Å². The maximum absolute atomic E-state index is 7.19. The summed E-state index contributed by atoms with van der Waals surface area (Å²) in [5.74, 6) is 0. The molecule has 1 N–H and O–H groups in total. The second kappa shape index (κ2) is 3.48. The maximum atomic E-state index is 7.19. The summed E-state index contributed by atoms with van der Waals surface area (Å²) in [5.41, 5.74) is 1.83. The van der Waals surface area contributed by atoms with Crippen LogP contribution in [0.2, 0.25) is 0 Å². The van der Waals surface area contributed by atoms with E-state index in [-0.39, 0.29) is 0 Å². The molecule has 0 amide bonds. The molecule has 0 aliphatic rings. The van der Waals surface area contributed by atoms with Gasteiger partial charge in [0.05, 0.1) is 0 Å². The average molecular weight is 151 g/mol. The zero-order chi connectivity index (χ0) is 7.40. The summed E-state index contributed by atoms with van der Waals surface area (Å²) in [7, 11) is 2.39. The minimum atomic E-state index is 0.631. The lowest BCUT2D eigenvalue weighted by Gasteiger charge is -1.95. The third-order valence-electron chi connectivity index (χ3n) is 1.24. The molecule has 0 saturated carbocycles. The molecule has 1 aromatic rings. The van der Waals surface area contributed by atoms with Crippen LogP contribution in [0, 0.1) is 5.41 Å². The summed E-state index contributed by atoms with van der Waals surface area (Å²) < 4.78 is 0. The van der Waals surface area contributed by atoms with Crippen molar-refractivity contribution in [2.45, 2.75) is 6.42 Å². The molecule has 0 fully saturated rings. The van der Waals surface area contributed by atoms with Crippen molar-refractivity contribution in [2.75, 3.05) is 0 Å². The highest BCUT2D eigenvalue weighted by Gasteiger charge is 1.90. The van der Waals surface area contributed by atoms with Crippen LogP contribution in [0.5, 0.6) is 0 Å². The van der Waals surface area contributed by atoms with Gasteiger partial charge in [-0.1, -0.05) is 39.6 Å². The van der Waals surface area contributed by atoms with Crippen LogP contribution < -0.4 is 0 Å². The molecule has 0 bridgehead atoms. The van der Waals surface area contributed by atoms with E-state index in [1.807, 2.05) is 30.3 Å². The molecule has 1 nitrogen and oxygen atoms in total. The minimum absolute atomic E-state index is 0.631. The molecule has 1 atom stereocenters. The first-order chi connectivity index (χ1) is 4.79. The van der Waals surface area contributed by atoms with E-state index in [1.54, 1.807) is 0 Å². The third kappa shape index (κ3) is 2.28. The molecule has 0 spiro atoms. The lowest BCUT2D eigenvalue weighted by Crippen LogP contribution is -1.89. The van der Waals surface area contributed by atoms with Crippen LogP contribution in [-0.2, 0) is 6.42 Å². The molecule has 0 aliphatic heterocycles. The van der Waals surface area contributed by atoms with E-state index in [4.69, 9.17) is 5.41 Å².